The lowest BCUT2D eigenvalue weighted by molar-refractivity contribution is 0.554. The first-order valence-electron chi connectivity index (χ1n) is 6.60. The smallest absolute Gasteiger partial charge is 0.242 e. The molecule has 0 spiro atoms. The number of sulfonamides is 1. The van der Waals surface area contributed by atoms with Crippen molar-refractivity contribution in [1.29, 1.82) is 0 Å². The molecule has 3 rings (SSSR count). The molecule has 0 heterocycles. The van der Waals surface area contributed by atoms with E-state index in [1.807, 2.05) is 24.3 Å². The average molecular weight is 306 g/mol. The number of anilines is 1. The third-order valence-corrected chi connectivity index (χ3v) is 5.25. The zero-order chi connectivity index (χ0) is 15.0. The van der Waals surface area contributed by atoms with Gasteiger partial charge >= 0.3 is 0 Å². The first-order chi connectivity index (χ1) is 9.97. The largest absolute Gasteiger partial charge is 0.395 e. The second kappa shape index (κ2) is 5.13. The molecule has 0 aromatic heterocycles. The second-order valence-electron chi connectivity index (χ2n) is 5.15. The van der Waals surface area contributed by atoms with Crippen LogP contribution in [0.1, 0.15) is 11.1 Å². The summed E-state index contributed by atoms with van der Waals surface area (Å²) in [6.45, 7) is 0. The molecule has 2 aromatic rings. The van der Waals surface area contributed by atoms with Gasteiger partial charge in [-0.1, -0.05) is 30.3 Å². The normalized spacial score (nSPS) is 15.1. The van der Waals surface area contributed by atoms with Crippen molar-refractivity contribution in [3.63, 3.8) is 0 Å². The molecule has 4 nitrogen and oxygen atoms in total. The molecule has 0 unspecified atom stereocenters. The summed E-state index contributed by atoms with van der Waals surface area (Å²) < 4.78 is 40.7. The maximum Gasteiger partial charge on any atom is 0.242 e. The van der Waals surface area contributed by atoms with Gasteiger partial charge in [-0.05, 0) is 36.1 Å². The van der Waals surface area contributed by atoms with Crippen molar-refractivity contribution in [3.8, 4) is 0 Å². The van der Waals surface area contributed by atoms with Gasteiger partial charge in [0.15, 0.2) is 0 Å². The van der Waals surface area contributed by atoms with Gasteiger partial charge in [0.25, 0.3) is 0 Å². The van der Waals surface area contributed by atoms with Crippen molar-refractivity contribution in [2.75, 3.05) is 5.73 Å². The molecule has 1 aliphatic rings. The van der Waals surface area contributed by atoms with Crippen molar-refractivity contribution in [2.45, 2.75) is 23.8 Å². The number of fused-ring (bicyclic) bond motifs is 1. The minimum atomic E-state index is -3.83. The number of para-hydroxylation sites is 1. The molecule has 1 aliphatic carbocycles. The van der Waals surface area contributed by atoms with Gasteiger partial charge in [-0.15, -0.1) is 0 Å². The number of nitrogens with one attached hydrogen (secondary N) is 1. The van der Waals surface area contributed by atoms with Crippen LogP contribution in [0.15, 0.2) is 47.4 Å². The van der Waals surface area contributed by atoms with E-state index in [1.165, 1.54) is 12.1 Å². The van der Waals surface area contributed by atoms with Gasteiger partial charge in [0.2, 0.25) is 10.0 Å². The second-order valence-corrected chi connectivity index (χ2v) is 6.83. The van der Waals surface area contributed by atoms with Crippen LogP contribution in [-0.2, 0) is 22.9 Å². The lowest BCUT2D eigenvalue weighted by atomic mass is 10.1. The number of rotatable bonds is 3. The Hall–Kier alpha value is -1.92. The molecule has 0 radical (unpaired) electrons. The molecule has 6 heteroatoms. The number of nitrogen functional groups attached to an aromatic ring is 1. The van der Waals surface area contributed by atoms with Crippen LogP contribution in [0.5, 0.6) is 0 Å². The Bertz CT molecular complexity index is 765. The lowest BCUT2D eigenvalue weighted by Crippen LogP contribution is -2.35. The minimum absolute atomic E-state index is 0.210. The van der Waals surface area contributed by atoms with Crippen molar-refractivity contribution >= 4 is 15.7 Å². The van der Waals surface area contributed by atoms with Crippen LogP contribution < -0.4 is 10.5 Å². The van der Waals surface area contributed by atoms with E-state index >= 15 is 0 Å². The first kappa shape index (κ1) is 14.0. The van der Waals surface area contributed by atoms with Gasteiger partial charge in [0, 0.05) is 6.04 Å². The quantitative estimate of drug-likeness (QED) is 0.850. The Morgan fingerprint density at radius 3 is 2.29 bits per heavy atom. The highest BCUT2D eigenvalue weighted by Crippen LogP contribution is 2.25. The molecule has 21 heavy (non-hydrogen) atoms. The van der Waals surface area contributed by atoms with Gasteiger partial charge in [0.05, 0.1) is 5.69 Å². The van der Waals surface area contributed by atoms with E-state index in [1.54, 1.807) is 0 Å². The van der Waals surface area contributed by atoms with Gasteiger partial charge in [0.1, 0.15) is 10.7 Å². The Kier molecular flexibility index (Phi) is 3.43. The van der Waals surface area contributed by atoms with Crippen molar-refractivity contribution in [1.82, 2.24) is 4.72 Å². The Morgan fingerprint density at radius 1 is 1.05 bits per heavy atom. The number of hydrogen-bond acceptors (Lipinski definition) is 3. The van der Waals surface area contributed by atoms with Crippen LogP contribution in [-0.4, -0.2) is 14.5 Å². The zero-order valence-corrected chi connectivity index (χ0v) is 12.0. The highest BCUT2D eigenvalue weighted by molar-refractivity contribution is 7.89. The SMILES string of the molecule is Nc1c(F)cccc1S(=O)(=O)NC1Cc2ccccc2C1. The molecular weight excluding hydrogens is 291 g/mol. The number of nitrogens with two attached hydrogens (primary N) is 1. The van der Waals surface area contributed by atoms with Gasteiger partial charge in [-0.2, -0.15) is 0 Å². The van der Waals surface area contributed by atoms with Crippen molar-refractivity contribution in [3.05, 3.63) is 59.4 Å². The Balaban J connectivity index is 1.84. The van der Waals surface area contributed by atoms with E-state index in [2.05, 4.69) is 4.72 Å². The number of halogens is 1. The van der Waals surface area contributed by atoms with E-state index in [0.717, 1.165) is 17.2 Å². The Morgan fingerprint density at radius 2 is 1.67 bits per heavy atom. The predicted molar refractivity (Wildman–Crippen MR) is 78.8 cm³/mol. The molecule has 0 amide bonds. The molecule has 3 N–H and O–H groups in total. The fraction of sp³-hybridized carbons (Fsp3) is 0.200. The molecule has 0 saturated heterocycles. The fourth-order valence-electron chi connectivity index (χ4n) is 2.68. The maximum atomic E-state index is 13.4. The fourth-order valence-corrected chi connectivity index (χ4v) is 4.05. The van der Waals surface area contributed by atoms with E-state index in [-0.39, 0.29) is 16.6 Å². The molecule has 0 atom stereocenters. The third-order valence-electron chi connectivity index (χ3n) is 3.68. The van der Waals surface area contributed by atoms with E-state index in [9.17, 15) is 12.8 Å². The monoisotopic (exact) mass is 306 g/mol. The van der Waals surface area contributed by atoms with Crippen LogP contribution in [0.2, 0.25) is 0 Å². The van der Waals surface area contributed by atoms with Gasteiger partial charge < -0.3 is 5.73 Å². The maximum absolute atomic E-state index is 13.4. The summed E-state index contributed by atoms with van der Waals surface area (Å²) in [4.78, 5) is -0.210. The average Bonchev–Trinajstić information content (AvgIpc) is 2.82. The number of benzene rings is 2. The summed E-state index contributed by atoms with van der Waals surface area (Å²) in [5, 5.41) is 0. The van der Waals surface area contributed by atoms with E-state index < -0.39 is 15.8 Å². The molecule has 0 bridgehead atoms. The summed E-state index contributed by atoms with van der Waals surface area (Å²) >= 11 is 0. The van der Waals surface area contributed by atoms with Crippen LogP contribution in [0.3, 0.4) is 0 Å². The molecule has 110 valence electrons. The van der Waals surface area contributed by atoms with Gasteiger partial charge in [-0.25, -0.2) is 17.5 Å². The van der Waals surface area contributed by atoms with Crippen molar-refractivity contribution in [2.24, 2.45) is 0 Å². The summed E-state index contributed by atoms with van der Waals surface area (Å²) in [6, 6.07) is 11.4. The number of hydrogen-bond donors (Lipinski definition) is 2. The van der Waals surface area contributed by atoms with E-state index in [4.69, 9.17) is 5.73 Å². The van der Waals surface area contributed by atoms with Crippen LogP contribution in [0.25, 0.3) is 0 Å². The summed E-state index contributed by atoms with van der Waals surface area (Å²) in [6.07, 6.45) is 1.26. The topological polar surface area (TPSA) is 72.2 Å². The molecule has 0 saturated carbocycles. The summed E-state index contributed by atoms with van der Waals surface area (Å²) in [7, 11) is -3.83. The predicted octanol–water partition coefficient (Wildman–Crippen LogP) is 1.85. The molecular formula is C15H15FN2O2S. The van der Waals surface area contributed by atoms with Crippen LogP contribution >= 0.6 is 0 Å². The van der Waals surface area contributed by atoms with Crippen molar-refractivity contribution < 1.29 is 12.8 Å². The van der Waals surface area contributed by atoms with Crippen LogP contribution in [0, 0.1) is 5.82 Å². The van der Waals surface area contributed by atoms with Gasteiger partial charge in [-0.3, -0.25) is 0 Å². The zero-order valence-electron chi connectivity index (χ0n) is 11.2. The molecule has 0 fully saturated rings. The molecule has 2 aromatic carbocycles. The highest BCUT2D eigenvalue weighted by atomic mass is 32.2. The van der Waals surface area contributed by atoms with E-state index in [0.29, 0.717) is 12.8 Å². The molecule has 0 aliphatic heterocycles. The standard InChI is InChI=1S/C15H15FN2O2S/c16-13-6-3-7-14(15(13)17)21(19,20)18-12-8-10-4-1-2-5-11(10)9-12/h1-7,12,18H,8-9,17H2. The lowest BCUT2D eigenvalue weighted by Gasteiger charge is -2.14. The summed E-state index contributed by atoms with van der Waals surface area (Å²) in [5.74, 6) is -0.729. The highest BCUT2D eigenvalue weighted by Gasteiger charge is 2.27. The van der Waals surface area contributed by atoms with Crippen LogP contribution in [0.4, 0.5) is 10.1 Å². The summed E-state index contributed by atoms with van der Waals surface area (Å²) in [5.41, 5.74) is 7.46. The Labute approximate surface area is 122 Å². The first-order valence-corrected chi connectivity index (χ1v) is 8.09. The minimum Gasteiger partial charge on any atom is -0.395 e. The third kappa shape index (κ3) is 2.64.